The van der Waals surface area contributed by atoms with E-state index in [4.69, 9.17) is 14.6 Å². The number of hydrogen-bond acceptors (Lipinski definition) is 5. The number of carboxylic acid groups (broad SMARTS) is 1. The lowest BCUT2D eigenvalue weighted by molar-refractivity contribution is 0.0697. The molecule has 2 aromatic carbocycles. The van der Waals surface area contributed by atoms with Crippen molar-refractivity contribution in [2.24, 2.45) is 5.10 Å². The summed E-state index contributed by atoms with van der Waals surface area (Å²) >= 11 is 3.48. The standard InChI is InChI=1S/C19H19BrN2O4/c1-3-9-26-18-16(20)10-13(11-17(18)25-4-2)12-21-22-15-7-5-14(6-8-15)19(23)24/h3,5-8,10-12,22H,1,4,9H2,2H3,(H,23,24)/b21-12+. The van der Waals surface area contributed by atoms with E-state index in [1.165, 1.54) is 12.1 Å². The average Bonchev–Trinajstić information content (AvgIpc) is 2.62. The maximum atomic E-state index is 10.8. The molecule has 0 aliphatic heterocycles. The lowest BCUT2D eigenvalue weighted by Crippen LogP contribution is -2.01. The van der Waals surface area contributed by atoms with Gasteiger partial charge in [-0.2, -0.15) is 5.10 Å². The molecule has 6 nitrogen and oxygen atoms in total. The summed E-state index contributed by atoms with van der Waals surface area (Å²) in [5.41, 5.74) is 4.57. The fourth-order valence-corrected chi connectivity index (χ4v) is 2.65. The summed E-state index contributed by atoms with van der Waals surface area (Å²) in [6.07, 6.45) is 3.30. The highest BCUT2D eigenvalue weighted by Crippen LogP contribution is 2.36. The molecule has 2 rings (SSSR count). The van der Waals surface area contributed by atoms with Gasteiger partial charge < -0.3 is 14.6 Å². The summed E-state index contributed by atoms with van der Waals surface area (Å²) in [7, 11) is 0. The van der Waals surface area contributed by atoms with Gasteiger partial charge in [0.15, 0.2) is 11.5 Å². The van der Waals surface area contributed by atoms with Gasteiger partial charge >= 0.3 is 5.97 Å². The van der Waals surface area contributed by atoms with Gasteiger partial charge in [0.2, 0.25) is 0 Å². The predicted molar refractivity (Wildman–Crippen MR) is 106 cm³/mol. The molecule has 2 N–H and O–H groups in total. The maximum absolute atomic E-state index is 10.8. The summed E-state index contributed by atoms with van der Waals surface area (Å²) < 4.78 is 12.0. The van der Waals surface area contributed by atoms with Crippen LogP contribution in [0.3, 0.4) is 0 Å². The molecule has 0 aromatic heterocycles. The molecule has 0 amide bonds. The summed E-state index contributed by atoms with van der Waals surface area (Å²) in [4.78, 5) is 10.8. The maximum Gasteiger partial charge on any atom is 0.335 e. The third-order valence-corrected chi connectivity index (χ3v) is 3.81. The number of hydrazone groups is 1. The number of carboxylic acids is 1. The number of aromatic carboxylic acids is 1. The third-order valence-electron chi connectivity index (χ3n) is 3.22. The smallest absolute Gasteiger partial charge is 0.335 e. The molecule has 0 saturated carbocycles. The van der Waals surface area contributed by atoms with E-state index in [1.807, 2.05) is 19.1 Å². The number of nitrogens with zero attached hydrogens (tertiary/aromatic N) is 1. The van der Waals surface area contributed by atoms with E-state index in [2.05, 4.69) is 33.0 Å². The van der Waals surface area contributed by atoms with Crippen LogP contribution in [-0.4, -0.2) is 30.5 Å². The molecule has 0 heterocycles. The van der Waals surface area contributed by atoms with Crippen LogP contribution in [0.5, 0.6) is 11.5 Å². The van der Waals surface area contributed by atoms with Crippen LogP contribution in [-0.2, 0) is 0 Å². The van der Waals surface area contributed by atoms with Gasteiger partial charge in [0.05, 0.1) is 28.5 Å². The Morgan fingerprint density at radius 3 is 2.65 bits per heavy atom. The van der Waals surface area contributed by atoms with Crippen molar-refractivity contribution < 1.29 is 19.4 Å². The number of anilines is 1. The van der Waals surface area contributed by atoms with Crippen LogP contribution in [0.2, 0.25) is 0 Å². The second-order valence-electron chi connectivity index (χ2n) is 5.12. The highest BCUT2D eigenvalue weighted by molar-refractivity contribution is 9.10. The first-order valence-electron chi connectivity index (χ1n) is 7.87. The van der Waals surface area contributed by atoms with Crippen molar-refractivity contribution in [2.75, 3.05) is 18.6 Å². The Balaban J connectivity index is 2.13. The van der Waals surface area contributed by atoms with Crippen molar-refractivity contribution in [2.45, 2.75) is 6.92 Å². The Kier molecular flexibility index (Phi) is 7.23. The number of hydrogen-bond donors (Lipinski definition) is 2. The molecule has 0 aliphatic carbocycles. The Bertz CT molecular complexity index is 804. The molecular weight excluding hydrogens is 400 g/mol. The molecule has 0 saturated heterocycles. The topological polar surface area (TPSA) is 80.2 Å². The molecule has 136 valence electrons. The molecule has 0 atom stereocenters. The van der Waals surface area contributed by atoms with Crippen LogP contribution in [0.4, 0.5) is 5.69 Å². The van der Waals surface area contributed by atoms with Gasteiger partial charge in [-0.05, 0) is 64.8 Å². The van der Waals surface area contributed by atoms with Crippen LogP contribution in [0.25, 0.3) is 0 Å². The number of ether oxygens (including phenoxy) is 2. The SMILES string of the molecule is C=CCOc1c(Br)cc(/C=N/Nc2ccc(C(=O)O)cc2)cc1OCC. The number of rotatable bonds is 9. The second-order valence-corrected chi connectivity index (χ2v) is 5.97. The molecule has 0 aliphatic rings. The summed E-state index contributed by atoms with van der Waals surface area (Å²) in [5, 5.41) is 13.1. The molecule has 7 heteroatoms. The van der Waals surface area contributed by atoms with E-state index in [1.54, 1.807) is 24.4 Å². The lowest BCUT2D eigenvalue weighted by Gasteiger charge is -2.13. The van der Waals surface area contributed by atoms with E-state index in [9.17, 15) is 4.79 Å². The van der Waals surface area contributed by atoms with Gasteiger partial charge in [0, 0.05) is 0 Å². The molecule has 0 bridgehead atoms. The molecule has 0 radical (unpaired) electrons. The minimum absolute atomic E-state index is 0.222. The quantitative estimate of drug-likeness (QED) is 0.354. The monoisotopic (exact) mass is 418 g/mol. The van der Waals surface area contributed by atoms with Crippen molar-refractivity contribution in [1.82, 2.24) is 0 Å². The zero-order valence-electron chi connectivity index (χ0n) is 14.2. The third kappa shape index (κ3) is 5.35. The van der Waals surface area contributed by atoms with Gasteiger partial charge in [-0.1, -0.05) is 12.7 Å². The molecule has 0 fully saturated rings. The van der Waals surface area contributed by atoms with Gasteiger partial charge in [0.1, 0.15) is 6.61 Å². The van der Waals surface area contributed by atoms with Crippen molar-refractivity contribution in [3.63, 3.8) is 0 Å². The average molecular weight is 419 g/mol. The fourth-order valence-electron chi connectivity index (χ4n) is 2.08. The zero-order chi connectivity index (χ0) is 18.9. The van der Waals surface area contributed by atoms with Crippen LogP contribution in [0.1, 0.15) is 22.8 Å². The Labute approximate surface area is 160 Å². The molecule has 0 unspecified atom stereocenters. The van der Waals surface area contributed by atoms with Crippen molar-refractivity contribution in [3.8, 4) is 11.5 Å². The van der Waals surface area contributed by atoms with E-state index in [-0.39, 0.29) is 5.56 Å². The van der Waals surface area contributed by atoms with E-state index < -0.39 is 5.97 Å². The van der Waals surface area contributed by atoms with Crippen molar-refractivity contribution in [3.05, 3.63) is 64.7 Å². The van der Waals surface area contributed by atoms with E-state index in [0.29, 0.717) is 30.4 Å². The van der Waals surface area contributed by atoms with Gasteiger partial charge in [-0.15, -0.1) is 0 Å². The Morgan fingerprint density at radius 2 is 2.04 bits per heavy atom. The molecule has 2 aromatic rings. The summed E-state index contributed by atoms with van der Waals surface area (Å²) in [6.45, 7) is 6.42. The highest BCUT2D eigenvalue weighted by Gasteiger charge is 2.11. The first-order valence-corrected chi connectivity index (χ1v) is 8.67. The van der Waals surface area contributed by atoms with Crippen LogP contribution in [0, 0.1) is 0 Å². The minimum Gasteiger partial charge on any atom is -0.490 e. The fraction of sp³-hybridized carbons (Fsp3) is 0.158. The van der Waals surface area contributed by atoms with Gasteiger partial charge in [0.25, 0.3) is 0 Å². The summed E-state index contributed by atoms with van der Waals surface area (Å²) in [6, 6.07) is 10.00. The molecular formula is C19H19BrN2O4. The first-order chi connectivity index (χ1) is 12.5. The van der Waals surface area contributed by atoms with Crippen molar-refractivity contribution in [1.29, 1.82) is 0 Å². The van der Waals surface area contributed by atoms with Crippen LogP contribution < -0.4 is 14.9 Å². The number of nitrogens with one attached hydrogen (secondary N) is 1. The Hall–Kier alpha value is -2.80. The van der Waals surface area contributed by atoms with E-state index >= 15 is 0 Å². The van der Waals surface area contributed by atoms with Gasteiger partial charge in [-0.25, -0.2) is 4.79 Å². The Morgan fingerprint density at radius 1 is 1.31 bits per heavy atom. The van der Waals surface area contributed by atoms with Crippen LogP contribution in [0.15, 0.2) is 58.6 Å². The highest BCUT2D eigenvalue weighted by atomic mass is 79.9. The zero-order valence-corrected chi connectivity index (χ0v) is 15.8. The number of benzene rings is 2. The van der Waals surface area contributed by atoms with Crippen molar-refractivity contribution >= 4 is 33.8 Å². The first kappa shape index (κ1) is 19.5. The van der Waals surface area contributed by atoms with E-state index in [0.717, 1.165) is 10.0 Å². The molecule has 0 spiro atoms. The number of halogens is 1. The summed E-state index contributed by atoms with van der Waals surface area (Å²) in [5.74, 6) is 0.254. The second kappa shape index (κ2) is 9.62. The lowest BCUT2D eigenvalue weighted by atomic mass is 10.2. The van der Waals surface area contributed by atoms with Gasteiger partial charge in [-0.3, -0.25) is 5.43 Å². The number of carbonyl (C=O) groups is 1. The minimum atomic E-state index is -0.966. The predicted octanol–water partition coefficient (Wildman–Crippen LogP) is 4.56. The molecule has 26 heavy (non-hydrogen) atoms. The van der Waals surface area contributed by atoms with Crippen LogP contribution >= 0.6 is 15.9 Å². The normalized spacial score (nSPS) is 10.5. The largest absolute Gasteiger partial charge is 0.490 e.